The van der Waals surface area contributed by atoms with Gasteiger partial charge in [-0.2, -0.15) is 0 Å². The predicted octanol–water partition coefficient (Wildman–Crippen LogP) is 2.39. The van der Waals surface area contributed by atoms with Crippen LogP contribution in [0, 0.1) is 0 Å². The Balaban J connectivity index is 1.92. The number of hydrogen-bond donors (Lipinski definition) is 1. The van der Waals surface area contributed by atoms with Gasteiger partial charge in [-0.1, -0.05) is 18.2 Å². The minimum atomic E-state index is -0.349. The van der Waals surface area contributed by atoms with Crippen LogP contribution in [0.2, 0.25) is 0 Å². The zero-order chi connectivity index (χ0) is 15.9. The van der Waals surface area contributed by atoms with Crippen molar-refractivity contribution in [3.8, 4) is 5.75 Å². The summed E-state index contributed by atoms with van der Waals surface area (Å²) < 4.78 is 0. The van der Waals surface area contributed by atoms with Crippen LogP contribution in [-0.4, -0.2) is 27.6 Å². The average Bonchev–Trinajstić information content (AvgIpc) is 2.74. The number of rotatable bonds is 3. The van der Waals surface area contributed by atoms with E-state index in [2.05, 4.69) is 0 Å². The van der Waals surface area contributed by atoms with E-state index in [9.17, 15) is 19.5 Å². The predicted molar refractivity (Wildman–Crippen MR) is 78.8 cm³/mol. The molecule has 0 atom stereocenters. The summed E-state index contributed by atoms with van der Waals surface area (Å²) in [5.41, 5.74) is 1.56. The Kier molecular flexibility index (Phi) is 3.25. The molecule has 5 nitrogen and oxygen atoms in total. The van der Waals surface area contributed by atoms with Crippen molar-refractivity contribution >= 4 is 17.6 Å². The van der Waals surface area contributed by atoms with Gasteiger partial charge in [0.05, 0.1) is 23.2 Å². The number of carbonyl (C=O) groups is 3. The normalized spacial score (nSPS) is 13.4. The molecule has 5 heteroatoms. The van der Waals surface area contributed by atoms with E-state index in [-0.39, 0.29) is 35.5 Å². The first kappa shape index (κ1) is 14.0. The van der Waals surface area contributed by atoms with E-state index in [4.69, 9.17) is 0 Å². The van der Waals surface area contributed by atoms with Gasteiger partial charge in [0.25, 0.3) is 11.8 Å². The van der Waals surface area contributed by atoms with E-state index >= 15 is 0 Å². The second-order valence-electron chi connectivity index (χ2n) is 5.15. The summed E-state index contributed by atoms with van der Waals surface area (Å²) in [5, 5.41) is 9.64. The van der Waals surface area contributed by atoms with E-state index in [0.29, 0.717) is 16.7 Å². The second-order valence-corrected chi connectivity index (χ2v) is 5.15. The van der Waals surface area contributed by atoms with Gasteiger partial charge in [0.1, 0.15) is 5.75 Å². The summed E-state index contributed by atoms with van der Waals surface area (Å²) in [7, 11) is 0. The molecule has 0 bridgehead atoms. The summed E-state index contributed by atoms with van der Waals surface area (Å²) in [6.07, 6.45) is 0. The molecule has 1 heterocycles. The number of amides is 2. The molecular weight excluding hydrogens is 282 g/mol. The molecule has 110 valence electrons. The lowest BCUT2D eigenvalue weighted by atomic mass is 10.1. The van der Waals surface area contributed by atoms with Gasteiger partial charge in [0.15, 0.2) is 5.78 Å². The Bertz CT molecular complexity index is 775. The number of Topliss-reactive ketones (excluding diaryl/α,β-unsaturated/α-hetero) is 1. The first-order valence-corrected chi connectivity index (χ1v) is 6.77. The summed E-state index contributed by atoms with van der Waals surface area (Å²) in [6.45, 7) is 1.41. The Hall–Kier alpha value is -2.95. The fourth-order valence-corrected chi connectivity index (χ4v) is 2.53. The van der Waals surface area contributed by atoms with Crippen molar-refractivity contribution in [3.05, 3.63) is 64.7 Å². The number of ketones is 1. The van der Waals surface area contributed by atoms with Crippen LogP contribution in [0.3, 0.4) is 0 Å². The number of hydrogen-bond acceptors (Lipinski definition) is 4. The molecule has 2 amide bonds. The Morgan fingerprint density at radius 1 is 1.05 bits per heavy atom. The summed E-state index contributed by atoms with van der Waals surface area (Å²) >= 11 is 0. The van der Waals surface area contributed by atoms with Gasteiger partial charge in [-0.15, -0.1) is 0 Å². The van der Waals surface area contributed by atoms with Gasteiger partial charge < -0.3 is 5.11 Å². The summed E-state index contributed by atoms with van der Waals surface area (Å²) in [6, 6.07) is 11.1. The molecule has 2 aromatic carbocycles. The van der Waals surface area contributed by atoms with E-state index in [1.165, 1.54) is 19.1 Å². The lowest BCUT2D eigenvalue weighted by molar-refractivity contribution is 0.0642. The number of fused-ring (bicyclic) bond motifs is 1. The van der Waals surface area contributed by atoms with Gasteiger partial charge in [0, 0.05) is 0 Å². The Morgan fingerprint density at radius 2 is 1.64 bits per heavy atom. The molecule has 0 fully saturated rings. The molecule has 22 heavy (non-hydrogen) atoms. The van der Waals surface area contributed by atoms with Crippen LogP contribution < -0.4 is 0 Å². The van der Waals surface area contributed by atoms with Crippen molar-refractivity contribution in [1.82, 2.24) is 4.90 Å². The number of phenolic OH excluding ortho intramolecular Hbond substituents is 1. The van der Waals surface area contributed by atoms with Crippen LogP contribution in [0.15, 0.2) is 42.5 Å². The molecule has 0 aromatic heterocycles. The minimum Gasteiger partial charge on any atom is -0.507 e. The van der Waals surface area contributed by atoms with Gasteiger partial charge in [-0.25, -0.2) is 0 Å². The van der Waals surface area contributed by atoms with E-state index in [1.807, 2.05) is 0 Å². The number of carbonyl (C=O) groups excluding carboxylic acids is 3. The number of phenols is 1. The molecule has 1 aliphatic rings. The molecular formula is C17H13NO4. The maximum absolute atomic E-state index is 12.3. The fraction of sp³-hybridized carbons (Fsp3) is 0.118. The Labute approximate surface area is 126 Å². The van der Waals surface area contributed by atoms with Crippen LogP contribution >= 0.6 is 0 Å². The van der Waals surface area contributed by atoms with Gasteiger partial charge in [-0.3, -0.25) is 19.3 Å². The molecule has 0 saturated heterocycles. The topological polar surface area (TPSA) is 74.7 Å². The third kappa shape index (κ3) is 2.16. The molecule has 0 saturated carbocycles. The first-order chi connectivity index (χ1) is 10.5. The van der Waals surface area contributed by atoms with Crippen LogP contribution in [0.1, 0.15) is 43.6 Å². The highest BCUT2D eigenvalue weighted by molar-refractivity contribution is 6.21. The summed E-state index contributed by atoms with van der Waals surface area (Å²) in [5.74, 6) is -1.09. The Morgan fingerprint density at radius 3 is 2.18 bits per heavy atom. The molecule has 0 aliphatic carbocycles. The maximum Gasteiger partial charge on any atom is 0.261 e. The van der Waals surface area contributed by atoms with Crippen molar-refractivity contribution in [3.63, 3.8) is 0 Å². The molecule has 2 aromatic rings. The van der Waals surface area contributed by atoms with Gasteiger partial charge in [0.2, 0.25) is 0 Å². The standard InChI is InChI=1S/C17H13NO4/c1-10(19)14-8-11(6-7-15(14)20)9-18-16(21)12-4-2-3-5-13(12)17(18)22/h2-8,20H,9H2,1H3. The third-order valence-corrected chi connectivity index (χ3v) is 3.66. The van der Waals surface area contributed by atoms with Crippen molar-refractivity contribution < 1.29 is 19.5 Å². The molecule has 0 unspecified atom stereocenters. The van der Waals surface area contributed by atoms with Crippen molar-refractivity contribution in [2.45, 2.75) is 13.5 Å². The molecule has 3 rings (SSSR count). The highest BCUT2D eigenvalue weighted by Crippen LogP contribution is 2.26. The van der Waals surface area contributed by atoms with Gasteiger partial charge in [-0.05, 0) is 36.8 Å². The monoisotopic (exact) mass is 295 g/mol. The minimum absolute atomic E-state index is 0.0624. The van der Waals surface area contributed by atoms with Gasteiger partial charge >= 0.3 is 0 Å². The zero-order valence-electron chi connectivity index (χ0n) is 11.9. The number of aromatic hydroxyl groups is 1. The quantitative estimate of drug-likeness (QED) is 0.697. The third-order valence-electron chi connectivity index (χ3n) is 3.66. The van der Waals surface area contributed by atoms with Crippen molar-refractivity contribution in [1.29, 1.82) is 0 Å². The molecule has 0 spiro atoms. The highest BCUT2D eigenvalue weighted by atomic mass is 16.3. The zero-order valence-corrected chi connectivity index (χ0v) is 11.9. The summed E-state index contributed by atoms with van der Waals surface area (Å²) in [4.78, 5) is 37.2. The van der Waals surface area contributed by atoms with E-state index in [1.54, 1.807) is 30.3 Å². The van der Waals surface area contributed by atoms with E-state index < -0.39 is 0 Å². The fourth-order valence-electron chi connectivity index (χ4n) is 2.53. The lowest BCUT2D eigenvalue weighted by Gasteiger charge is -2.14. The first-order valence-electron chi connectivity index (χ1n) is 6.77. The molecule has 1 aliphatic heterocycles. The van der Waals surface area contributed by atoms with Crippen LogP contribution in [0.4, 0.5) is 0 Å². The van der Waals surface area contributed by atoms with E-state index in [0.717, 1.165) is 4.90 Å². The lowest BCUT2D eigenvalue weighted by Crippen LogP contribution is -2.29. The van der Waals surface area contributed by atoms with Crippen LogP contribution in [0.5, 0.6) is 5.75 Å². The van der Waals surface area contributed by atoms with Crippen LogP contribution in [-0.2, 0) is 6.54 Å². The van der Waals surface area contributed by atoms with Crippen molar-refractivity contribution in [2.75, 3.05) is 0 Å². The van der Waals surface area contributed by atoms with Crippen molar-refractivity contribution in [2.24, 2.45) is 0 Å². The smallest absolute Gasteiger partial charge is 0.261 e. The molecule has 1 N–H and O–H groups in total. The van der Waals surface area contributed by atoms with Crippen LogP contribution in [0.25, 0.3) is 0 Å². The average molecular weight is 295 g/mol. The second kappa shape index (κ2) is 5.11. The number of nitrogens with zero attached hydrogens (tertiary/aromatic N) is 1. The highest BCUT2D eigenvalue weighted by Gasteiger charge is 2.35. The SMILES string of the molecule is CC(=O)c1cc(CN2C(=O)c3ccccc3C2=O)ccc1O. The number of imide groups is 1. The number of benzene rings is 2. The maximum atomic E-state index is 12.3. The molecule has 0 radical (unpaired) electrons. The largest absolute Gasteiger partial charge is 0.507 e.